The maximum Gasteiger partial charge on any atom is 0.416 e. The average Bonchev–Trinajstić information content (AvgIpc) is 3.32. The molecule has 0 atom stereocenters. The first-order chi connectivity index (χ1) is 19.5. The van der Waals surface area contributed by atoms with Gasteiger partial charge in [0.15, 0.2) is 5.82 Å². The highest BCUT2D eigenvalue weighted by atomic mass is 19.4. The third kappa shape index (κ3) is 7.25. The zero-order chi connectivity index (χ0) is 29.7. The van der Waals surface area contributed by atoms with Crippen LogP contribution in [-0.4, -0.2) is 19.6 Å². The topological polar surface area (TPSA) is 52.7 Å². The first-order valence-corrected chi connectivity index (χ1v) is 13.3. The summed E-state index contributed by atoms with van der Waals surface area (Å²) in [6.07, 6.45) is -1.79. The summed E-state index contributed by atoms with van der Waals surface area (Å²) < 4.78 is 82.0. The van der Waals surface area contributed by atoms with Crippen molar-refractivity contribution in [3.63, 3.8) is 0 Å². The van der Waals surface area contributed by atoms with Crippen molar-refractivity contribution in [1.82, 2.24) is 19.6 Å². The molecule has 0 amide bonds. The third-order valence-corrected chi connectivity index (χ3v) is 7.08. The molecule has 0 unspecified atom stereocenters. The van der Waals surface area contributed by atoms with E-state index in [0.29, 0.717) is 5.56 Å². The lowest BCUT2D eigenvalue weighted by Gasteiger charge is -2.23. The van der Waals surface area contributed by atoms with Crippen molar-refractivity contribution in [2.24, 2.45) is 0 Å². The van der Waals surface area contributed by atoms with Crippen molar-refractivity contribution in [2.75, 3.05) is 0 Å². The van der Waals surface area contributed by atoms with E-state index >= 15 is 0 Å². The van der Waals surface area contributed by atoms with Gasteiger partial charge in [-0.1, -0.05) is 49.6 Å². The van der Waals surface area contributed by atoms with Gasteiger partial charge in [-0.25, -0.2) is 22.5 Å². The fraction of sp³-hybridized carbons (Fsp3) is 0.367. The van der Waals surface area contributed by atoms with Gasteiger partial charge in [0.25, 0.3) is 12.0 Å². The van der Waals surface area contributed by atoms with Gasteiger partial charge in [0.05, 0.1) is 18.3 Å². The normalized spacial score (nSPS) is 14.2. The summed E-state index contributed by atoms with van der Waals surface area (Å²) in [7, 11) is 0. The van der Waals surface area contributed by atoms with Crippen LogP contribution in [0.3, 0.4) is 0 Å². The van der Waals surface area contributed by atoms with Gasteiger partial charge in [-0.15, -0.1) is 5.10 Å². The average molecular weight is 577 g/mol. The Kier molecular flexibility index (Phi) is 9.35. The molecule has 0 bridgehead atoms. The second-order valence-electron chi connectivity index (χ2n) is 10.1. The zero-order valence-corrected chi connectivity index (χ0v) is 22.6. The second kappa shape index (κ2) is 12.7. The molecule has 1 aliphatic rings. The number of aromatic nitrogens is 4. The standard InChI is InChI=1S/C23H23F5N4O.C7H7F/c1-14-12-29-32(20(14)21(24)25)19-11-17(15-7-3-2-4-8-15)22(33)31(30-19)13-16-9-5-6-10-18(16)23(26,27)28;1-6-3-2-4-7(8)5-6/h5-6,9-12,15,21H,2-4,7-8,13H2,1H3;2-5H,1H3. The number of alkyl halides is 5. The molecule has 5 nitrogen and oxygen atoms in total. The van der Waals surface area contributed by atoms with Crippen LogP contribution in [-0.2, 0) is 12.7 Å². The van der Waals surface area contributed by atoms with Gasteiger partial charge in [-0.3, -0.25) is 4.79 Å². The first-order valence-electron chi connectivity index (χ1n) is 13.3. The Bertz CT molecular complexity index is 1520. The largest absolute Gasteiger partial charge is 0.416 e. The third-order valence-electron chi connectivity index (χ3n) is 7.08. The van der Waals surface area contributed by atoms with Crippen molar-refractivity contribution in [2.45, 2.75) is 71.0 Å². The summed E-state index contributed by atoms with van der Waals surface area (Å²) >= 11 is 0. The van der Waals surface area contributed by atoms with E-state index in [2.05, 4.69) is 10.2 Å². The molecule has 0 spiro atoms. The predicted molar refractivity (Wildman–Crippen MR) is 143 cm³/mol. The Morgan fingerprint density at radius 3 is 2.29 bits per heavy atom. The Hall–Kier alpha value is -3.89. The van der Waals surface area contributed by atoms with Crippen molar-refractivity contribution in [3.8, 4) is 5.82 Å². The van der Waals surface area contributed by atoms with Crippen LogP contribution in [0.5, 0.6) is 0 Å². The number of halogens is 6. The Labute approximate surface area is 233 Å². The smallest absolute Gasteiger partial charge is 0.267 e. The maximum absolute atomic E-state index is 13.7. The number of rotatable bonds is 5. The lowest BCUT2D eigenvalue weighted by atomic mass is 9.85. The van der Waals surface area contributed by atoms with Crippen LogP contribution in [0.1, 0.15) is 78.0 Å². The molecule has 41 heavy (non-hydrogen) atoms. The van der Waals surface area contributed by atoms with Gasteiger partial charge >= 0.3 is 6.18 Å². The van der Waals surface area contributed by atoms with Gasteiger partial charge in [0.2, 0.25) is 0 Å². The molecule has 1 aliphatic carbocycles. The molecule has 11 heteroatoms. The lowest BCUT2D eigenvalue weighted by molar-refractivity contribution is -0.138. The van der Waals surface area contributed by atoms with Crippen molar-refractivity contribution >= 4 is 0 Å². The van der Waals surface area contributed by atoms with Crippen LogP contribution in [0, 0.1) is 19.7 Å². The second-order valence-corrected chi connectivity index (χ2v) is 10.1. The Morgan fingerprint density at radius 2 is 1.68 bits per heavy atom. The summed E-state index contributed by atoms with van der Waals surface area (Å²) in [4.78, 5) is 13.3. The van der Waals surface area contributed by atoms with Crippen LogP contribution in [0.15, 0.2) is 65.6 Å². The first kappa shape index (κ1) is 30.1. The summed E-state index contributed by atoms with van der Waals surface area (Å²) in [6.45, 7) is 2.91. The highest BCUT2D eigenvalue weighted by molar-refractivity contribution is 5.34. The molecule has 0 N–H and O–H groups in total. The fourth-order valence-corrected chi connectivity index (χ4v) is 5.05. The number of nitrogens with zero attached hydrogens (tertiary/aromatic N) is 4. The van der Waals surface area contributed by atoms with Crippen molar-refractivity contribution in [1.29, 1.82) is 0 Å². The molecule has 0 radical (unpaired) electrons. The van der Waals surface area contributed by atoms with E-state index in [1.54, 1.807) is 6.07 Å². The minimum atomic E-state index is -4.61. The van der Waals surface area contributed by atoms with Crippen LogP contribution in [0.4, 0.5) is 26.3 Å². The van der Waals surface area contributed by atoms with Crippen LogP contribution >= 0.6 is 0 Å². The summed E-state index contributed by atoms with van der Waals surface area (Å²) in [5.74, 6) is -0.281. The highest BCUT2D eigenvalue weighted by Gasteiger charge is 2.33. The summed E-state index contributed by atoms with van der Waals surface area (Å²) in [5, 5.41) is 8.18. The van der Waals surface area contributed by atoms with Gasteiger partial charge < -0.3 is 0 Å². The van der Waals surface area contributed by atoms with Crippen LogP contribution in [0.25, 0.3) is 5.82 Å². The minimum absolute atomic E-state index is 0.0111. The molecule has 2 aromatic heterocycles. The van der Waals surface area contributed by atoms with E-state index in [0.717, 1.165) is 53.1 Å². The zero-order valence-electron chi connectivity index (χ0n) is 22.6. The highest BCUT2D eigenvalue weighted by Crippen LogP contribution is 2.34. The number of benzene rings is 2. The van der Waals surface area contributed by atoms with Gasteiger partial charge in [-0.2, -0.15) is 18.3 Å². The molecular weight excluding hydrogens is 546 g/mol. The van der Waals surface area contributed by atoms with Crippen molar-refractivity contribution < 1.29 is 26.3 Å². The Balaban J connectivity index is 0.000000417. The molecular formula is C30H30F6N4O. The molecule has 2 heterocycles. The summed E-state index contributed by atoms with van der Waals surface area (Å²) in [5.41, 5.74) is -0.277. The van der Waals surface area contributed by atoms with Gasteiger partial charge in [-0.05, 0) is 73.6 Å². The minimum Gasteiger partial charge on any atom is -0.267 e. The number of aryl methyl sites for hydroxylation is 2. The van der Waals surface area contributed by atoms with E-state index in [1.165, 1.54) is 49.5 Å². The van der Waals surface area contributed by atoms with E-state index in [9.17, 15) is 31.1 Å². The number of hydrogen-bond donors (Lipinski definition) is 0. The molecule has 218 valence electrons. The van der Waals surface area contributed by atoms with E-state index < -0.39 is 30.3 Å². The fourth-order valence-electron chi connectivity index (χ4n) is 5.05. The lowest BCUT2D eigenvalue weighted by Crippen LogP contribution is -2.31. The van der Waals surface area contributed by atoms with E-state index in [4.69, 9.17) is 0 Å². The molecule has 2 aromatic carbocycles. The molecule has 4 aromatic rings. The van der Waals surface area contributed by atoms with Crippen LogP contribution in [0.2, 0.25) is 0 Å². The molecule has 0 saturated heterocycles. The van der Waals surface area contributed by atoms with E-state index in [1.807, 2.05) is 13.0 Å². The SMILES string of the molecule is Cc1cccc(F)c1.Cc1cnn(-c2cc(C3CCCCC3)c(=O)n(Cc3ccccc3C(F)(F)F)n2)c1C(F)F. The predicted octanol–water partition coefficient (Wildman–Crippen LogP) is 7.92. The van der Waals surface area contributed by atoms with Crippen LogP contribution < -0.4 is 5.56 Å². The molecule has 0 aliphatic heterocycles. The van der Waals surface area contributed by atoms with Gasteiger partial charge in [0, 0.05) is 5.56 Å². The van der Waals surface area contributed by atoms with Crippen molar-refractivity contribution in [3.05, 3.63) is 110 Å². The number of hydrogen-bond acceptors (Lipinski definition) is 3. The van der Waals surface area contributed by atoms with E-state index in [-0.39, 0.29) is 34.4 Å². The Morgan fingerprint density at radius 1 is 0.976 bits per heavy atom. The molecule has 5 rings (SSSR count). The molecule has 1 fully saturated rings. The van der Waals surface area contributed by atoms with Gasteiger partial charge in [0.1, 0.15) is 11.5 Å². The summed E-state index contributed by atoms with van der Waals surface area (Å²) in [6, 6.07) is 12.9. The maximum atomic E-state index is 13.7. The molecule has 1 saturated carbocycles. The monoisotopic (exact) mass is 576 g/mol. The quantitative estimate of drug-likeness (QED) is 0.227.